The van der Waals surface area contributed by atoms with E-state index in [1.165, 1.54) is 37.8 Å². The molecule has 1 heterocycles. The highest BCUT2D eigenvalue weighted by Crippen LogP contribution is 2.49. The molecular weight excluding hydrogens is 239 g/mol. The SMILES string of the molecule is N=C1c2cc(F)ccc2CN1CC(C1CC1)C1CC1. The summed E-state index contributed by atoms with van der Waals surface area (Å²) in [7, 11) is 0. The van der Waals surface area contributed by atoms with Crippen LogP contribution in [0.5, 0.6) is 0 Å². The van der Waals surface area contributed by atoms with Crippen LogP contribution in [-0.4, -0.2) is 17.3 Å². The summed E-state index contributed by atoms with van der Waals surface area (Å²) in [6.45, 7) is 1.80. The lowest BCUT2D eigenvalue weighted by Gasteiger charge is -2.25. The van der Waals surface area contributed by atoms with Crippen LogP contribution < -0.4 is 0 Å². The highest BCUT2D eigenvalue weighted by molar-refractivity contribution is 6.00. The van der Waals surface area contributed by atoms with E-state index in [-0.39, 0.29) is 5.82 Å². The molecule has 2 nitrogen and oxygen atoms in total. The van der Waals surface area contributed by atoms with Gasteiger partial charge in [0.1, 0.15) is 11.7 Å². The van der Waals surface area contributed by atoms with Crippen molar-refractivity contribution < 1.29 is 4.39 Å². The van der Waals surface area contributed by atoms with Crippen LogP contribution in [0.25, 0.3) is 0 Å². The molecule has 0 bridgehead atoms. The lowest BCUT2D eigenvalue weighted by molar-refractivity contribution is 0.287. The number of rotatable bonds is 4. The number of hydrogen-bond acceptors (Lipinski definition) is 1. The molecule has 19 heavy (non-hydrogen) atoms. The van der Waals surface area contributed by atoms with Gasteiger partial charge in [-0.05, 0) is 61.1 Å². The van der Waals surface area contributed by atoms with Gasteiger partial charge in [-0.25, -0.2) is 4.39 Å². The predicted octanol–water partition coefficient (Wildman–Crippen LogP) is 3.40. The van der Waals surface area contributed by atoms with Crippen LogP contribution in [0, 0.1) is 29.0 Å². The maximum atomic E-state index is 13.3. The second kappa shape index (κ2) is 4.06. The van der Waals surface area contributed by atoms with E-state index in [4.69, 9.17) is 5.41 Å². The first kappa shape index (κ1) is 11.4. The van der Waals surface area contributed by atoms with Crippen molar-refractivity contribution in [3.05, 3.63) is 35.1 Å². The van der Waals surface area contributed by atoms with Crippen LogP contribution in [0.4, 0.5) is 4.39 Å². The molecule has 3 aliphatic rings. The normalized spacial score (nSPS) is 22.2. The number of benzene rings is 1. The largest absolute Gasteiger partial charge is 0.352 e. The smallest absolute Gasteiger partial charge is 0.128 e. The zero-order valence-corrected chi connectivity index (χ0v) is 11.0. The van der Waals surface area contributed by atoms with Gasteiger partial charge in [-0.2, -0.15) is 0 Å². The van der Waals surface area contributed by atoms with Crippen molar-refractivity contribution in [2.45, 2.75) is 32.2 Å². The van der Waals surface area contributed by atoms with E-state index in [0.29, 0.717) is 5.84 Å². The summed E-state index contributed by atoms with van der Waals surface area (Å²) >= 11 is 0. The Hall–Kier alpha value is -1.38. The van der Waals surface area contributed by atoms with Gasteiger partial charge in [-0.15, -0.1) is 0 Å². The zero-order valence-electron chi connectivity index (χ0n) is 11.0. The highest BCUT2D eigenvalue weighted by atomic mass is 19.1. The monoisotopic (exact) mass is 258 g/mol. The molecule has 0 radical (unpaired) electrons. The minimum absolute atomic E-state index is 0.230. The van der Waals surface area contributed by atoms with E-state index in [2.05, 4.69) is 4.90 Å². The van der Waals surface area contributed by atoms with E-state index in [1.54, 1.807) is 0 Å². The Morgan fingerprint density at radius 2 is 1.89 bits per heavy atom. The van der Waals surface area contributed by atoms with Gasteiger partial charge in [0.25, 0.3) is 0 Å². The maximum Gasteiger partial charge on any atom is 0.128 e. The summed E-state index contributed by atoms with van der Waals surface area (Å²) in [5.41, 5.74) is 1.90. The van der Waals surface area contributed by atoms with E-state index in [0.717, 1.165) is 42.0 Å². The summed E-state index contributed by atoms with van der Waals surface area (Å²) in [4.78, 5) is 2.16. The molecule has 0 unspecified atom stereocenters. The van der Waals surface area contributed by atoms with Gasteiger partial charge in [0, 0.05) is 18.7 Å². The summed E-state index contributed by atoms with van der Waals surface area (Å²) in [6, 6.07) is 4.86. The summed E-state index contributed by atoms with van der Waals surface area (Å²) in [5, 5.41) is 8.26. The van der Waals surface area contributed by atoms with E-state index < -0.39 is 0 Å². The van der Waals surface area contributed by atoms with Gasteiger partial charge in [0.05, 0.1) is 0 Å². The van der Waals surface area contributed by atoms with Crippen LogP contribution in [0.15, 0.2) is 18.2 Å². The minimum atomic E-state index is -0.230. The van der Waals surface area contributed by atoms with E-state index in [9.17, 15) is 4.39 Å². The molecule has 0 amide bonds. The first-order valence-electron chi connectivity index (χ1n) is 7.34. The number of nitrogens with one attached hydrogen (secondary N) is 1. The summed E-state index contributed by atoms with van der Waals surface area (Å²) in [6.07, 6.45) is 5.52. The minimum Gasteiger partial charge on any atom is -0.352 e. The number of halogens is 1. The fourth-order valence-corrected chi connectivity index (χ4v) is 3.50. The average molecular weight is 258 g/mol. The molecule has 0 atom stereocenters. The molecule has 1 aromatic rings. The van der Waals surface area contributed by atoms with Gasteiger partial charge in [0.2, 0.25) is 0 Å². The zero-order chi connectivity index (χ0) is 13.0. The quantitative estimate of drug-likeness (QED) is 0.880. The number of fused-ring (bicyclic) bond motifs is 1. The fourth-order valence-electron chi connectivity index (χ4n) is 3.50. The second-order valence-corrected chi connectivity index (χ2v) is 6.37. The second-order valence-electron chi connectivity index (χ2n) is 6.37. The lowest BCUT2D eigenvalue weighted by atomic mass is 9.97. The average Bonchev–Trinajstić information content (AvgIpc) is 3.28. The van der Waals surface area contributed by atoms with Crippen molar-refractivity contribution in [3.63, 3.8) is 0 Å². The first-order valence-corrected chi connectivity index (χ1v) is 7.34. The molecule has 4 rings (SSSR count). The lowest BCUT2D eigenvalue weighted by Crippen LogP contribution is -2.31. The predicted molar refractivity (Wildman–Crippen MR) is 72.6 cm³/mol. The van der Waals surface area contributed by atoms with Crippen molar-refractivity contribution >= 4 is 5.84 Å². The van der Waals surface area contributed by atoms with E-state index >= 15 is 0 Å². The maximum absolute atomic E-state index is 13.3. The van der Waals surface area contributed by atoms with Gasteiger partial charge >= 0.3 is 0 Å². The molecule has 1 aliphatic heterocycles. The van der Waals surface area contributed by atoms with E-state index in [1.807, 2.05) is 6.07 Å². The third-order valence-corrected chi connectivity index (χ3v) is 4.89. The van der Waals surface area contributed by atoms with Gasteiger partial charge in [-0.3, -0.25) is 5.41 Å². The molecule has 0 aromatic heterocycles. The van der Waals surface area contributed by atoms with Gasteiger partial charge in [-0.1, -0.05) is 6.07 Å². The Kier molecular flexibility index (Phi) is 2.44. The van der Waals surface area contributed by atoms with Crippen molar-refractivity contribution in [1.82, 2.24) is 4.90 Å². The number of amidine groups is 1. The third kappa shape index (κ3) is 2.05. The molecule has 0 spiro atoms. The number of hydrogen-bond donors (Lipinski definition) is 1. The Morgan fingerprint density at radius 3 is 2.53 bits per heavy atom. The molecular formula is C16H19FN2. The van der Waals surface area contributed by atoms with Crippen LogP contribution in [-0.2, 0) is 6.54 Å². The summed E-state index contributed by atoms with van der Waals surface area (Å²) in [5.74, 6) is 2.88. The first-order chi connectivity index (χ1) is 9.22. The molecule has 2 fully saturated rings. The molecule has 2 aliphatic carbocycles. The molecule has 1 aromatic carbocycles. The Morgan fingerprint density at radius 1 is 1.21 bits per heavy atom. The standard InChI is InChI=1S/C16H19FN2/c17-13-6-5-12-8-19(16(18)14(12)7-13)9-15(10-1-2-10)11-3-4-11/h5-7,10-11,15,18H,1-4,8-9H2. The van der Waals surface area contributed by atoms with Crippen LogP contribution in [0.1, 0.15) is 36.8 Å². The third-order valence-electron chi connectivity index (χ3n) is 4.89. The molecule has 100 valence electrons. The fraction of sp³-hybridized carbons (Fsp3) is 0.562. The van der Waals surface area contributed by atoms with Gasteiger partial charge < -0.3 is 4.90 Å². The van der Waals surface area contributed by atoms with Crippen molar-refractivity contribution in [1.29, 1.82) is 5.41 Å². The topological polar surface area (TPSA) is 27.1 Å². The van der Waals surface area contributed by atoms with Crippen molar-refractivity contribution in [2.24, 2.45) is 17.8 Å². The molecule has 3 heteroatoms. The Bertz CT molecular complexity index is 520. The summed E-state index contributed by atoms with van der Waals surface area (Å²) < 4.78 is 13.3. The van der Waals surface area contributed by atoms with Crippen LogP contribution in [0.3, 0.4) is 0 Å². The van der Waals surface area contributed by atoms with Crippen LogP contribution >= 0.6 is 0 Å². The Balaban J connectivity index is 1.53. The molecule has 1 N–H and O–H groups in total. The van der Waals surface area contributed by atoms with Crippen molar-refractivity contribution in [3.8, 4) is 0 Å². The molecule has 2 saturated carbocycles. The number of nitrogens with zero attached hydrogens (tertiary/aromatic N) is 1. The Labute approximate surface area is 113 Å². The van der Waals surface area contributed by atoms with Gasteiger partial charge in [0.15, 0.2) is 0 Å². The van der Waals surface area contributed by atoms with Crippen molar-refractivity contribution in [2.75, 3.05) is 6.54 Å². The van der Waals surface area contributed by atoms with Crippen LogP contribution in [0.2, 0.25) is 0 Å². The highest BCUT2D eigenvalue weighted by Gasteiger charge is 2.43. The molecule has 0 saturated heterocycles.